The zero-order valence-electron chi connectivity index (χ0n) is 20.5. The van der Waals surface area contributed by atoms with Gasteiger partial charge in [-0.3, -0.25) is 9.59 Å². The molecule has 0 bridgehead atoms. The predicted molar refractivity (Wildman–Crippen MR) is 125 cm³/mol. The van der Waals surface area contributed by atoms with Crippen LogP contribution in [0.25, 0.3) is 0 Å². The Morgan fingerprint density at radius 3 is 1.55 bits per heavy atom. The van der Waals surface area contributed by atoms with Crippen molar-refractivity contribution in [3.05, 3.63) is 0 Å². The number of hydrogen-bond donors (Lipinski definition) is 2. The van der Waals surface area contributed by atoms with Crippen LogP contribution >= 0.6 is 0 Å². The third-order valence-electron chi connectivity index (χ3n) is 5.50. The quantitative estimate of drug-likeness (QED) is 0.146. The van der Waals surface area contributed by atoms with E-state index in [0.717, 1.165) is 19.3 Å². The maximum absolute atomic E-state index is 12.7. The van der Waals surface area contributed by atoms with Crippen LogP contribution in [0, 0.1) is 0 Å². The third kappa shape index (κ3) is 15.1. The highest BCUT2D eigenvalue weighted by Gasteiger charge is 2.44. The fourth-order valence-corrected chi connectivity index (χ4v) is 3.55. The Hall–Kier alpha value is -1.43. The fourth-order valence-electron chi connectivity index (χ4n) is 3.55. The number of Topliss-reactive ketones (excluding diaryl/α,β-unsaturated/α-hetero) is 1. The van der Waals surface area contributed by atoms with Crippen LogP contribution < -0.4 is 5.73 Å². The van der Waals surface area contributed by atoms with Crippen LogP contribution in [0.15, 0.2) is 0 Å². The number of hydrogen-bond acceptors (Lipinski definition) is 5. The predicted octanol–water partition coefficient (Wildman–Crippen LogP) is 5.94. The molecule has 0 amide bonds. The van der Waals surface area contributed by atoms with E-state index in [1.807, 2.05) is 0 Å². The van der Waals surface area contributed by atoms with Gasteiger partial charge >= 0.3 is 11.9 Å². The van der Waals surface area contributed by atoms with Crippen molar-refractivity contribution in [3.8, 4) is 0 Å². The van der Waals surface area contributed by atoms with Crippen LogP contribution in [0.5, 0.6) is 0 Å². The van der Waals surface area contributed by atoms with Gasteiger partial charge in [0.15, 0.2) is 11.3 Å². The van der Waals surface area contributed by atoms with E-state index < -0.39 is 28.9 Å². The van der Waals surface area contributed by atoms with Crippen molar-refractivity contribution in [1.82, 2.24) is 0 Å². The first-order valence-electron chi connectivity index (χ1n) is 12.3. The number of carboxylic acid groups (broad SMARTS) is 1. The van der Waals surface area contributed by atoms with E-state index in [1.165, 1.54) is 57.8 Å². The van der Waals surface area contributed by atoms with Gasteiger partial charge in [0.05, 0.1) is 0 Å². The first-order chi connectivity index (χ1) is 14.5. The Morgan fingerprint density at radius 2 is 1.16 bits per heavy atom. The molecule has 0 rings (SSSR count). The minimum Gasteiger partial charge on any atom is -0.481 e. The highest BCUT2D eigenvalue weighted by molar-refractivity contribution is 6.08. The minimum absolute atomic E-state index is 0.174. The summed E-state index contributed by atoms with van der Waals surface area (Å²) in [6, 6.07) is 0. The van der Waals surface area contributed by atoms with Crippen molar-refractivity contribution in [2.45, 2.75) is 142 Å². The normalized spacial score (nSPS) is 13.6. The molecule has 31 heavy (non-hydrogen) atoms. The van der Waals surface area contributed by atoms with E-state index in [1.54, 1.807) is 20.8 Å². The standard InChI is InChI=1S/C25H47NO5/c1-5-6-7-8-9-10-11-12-13-14-15-16-17-18-21(27)25(26,20-19-22(28)29)23(30)31-24(2,3)4/h5-20,26H2,1-4H3,(H,28,29). The zero-order chi connectivity index (χ0) is 23.8. The molecule has 0 fully saturated rings. The van der Waals surface area contributed by atoms with E-state index in [0.29, 0.717) is 6.42 Å². The van der Waals surface area contributed by atoms with E-state index in [-0.39, 0.29) is 19.3 Å². The summed E-state index contributed by atoms with van der Waals surface area (Å²) in [5.74, 6) is -2.35. The molecule has 3 N–H and O–H groups in total. The maximum Gasteiger partial charge on any atom is 0.334 e. The van der Waals surface area contributed by atoms with Crippen molar-refractivity contribution < 1.29 is 24.2 Å². The van der Waals surface area contributed by atoms with Gasteiger partial charge in [0.25, 0.3) is 0 Å². The van der Waals surface area contributed by atoms with E-state index in [2.05, 4.69) is 6.92 Å². The second-order valence-corrected chi connectivity index (χ2v) is 9.78. The first-order valence-corrected chi connectivity index (χ1v) is 12.3. The van der Waals surface area contributed by atoms with Gasteiger partial charge in [0.2, 0.25) is 0 Å². The summed E-state index contributed by atoms with van der Waals surface area (Å²) >= 11 is 0. The maximum atomic E-state index is 12.7. The third-order valence-corrected chi connectivity index (χ3v) is 5.50. The molecule has 0 saturated carbocycles. The van der Waals surface area contributed by atoms with Crippen LogP contribution in [0.2, 0.25) is 0 Å². The van der Waals surface area contributed by atoms with Gasteiger partial charge in [0, 0.05) is 12.8 Å². The molecule has 0 radical (unpaired) electrons. The summed E-state index contributed by atoms with van der Waals surface area (Å²) < 4.78 is 5.30. The molecule has 0 aromatic carbocycles. The molecule has 0 heterocycles. The lowest BCUT2D eigenvalue weighted by Gasteiger charge is -2.30. The number of carboxylic acids is 1. The molecule has 0 aliphatic rings. The summed E-state index contributed by atoms with van der Waals surface area (Å²) in [5.41, 5.74) is 3.42. The van der Waals surface area contributed by atoms with Crippen LogP contribution in [0.3, 0.4) is 0 Å². The smallest absolute Gasteiger partial charge is 0.334 e. The van der Waals surface area contributed by atoms with Crippen LogP contribution in [0.4, 0.5) is 0 Å². The average Bonchev–Trinajstić information content (AvgIpc) is 2.68. The highest BCUT2D eigenvalue weighted by atomic mass is 16.6. The highest BCUT2D eigenvalue weighted by Crippen LogP contribution is 2.21. The lowest BCUT2D eigenvalue weighted by molar-refractivity contribution is -0.164. The van der Waals surface area contributed by atoms with E-state index >= 15 is 0 Å². The van der Waals surface area contributed by atoms with E-state index in [4.69, 9.17) is 15.6 Å². The number of unbranched alkanes of at least 4 members (excludes halogenated alkanes) is 12. The number of ether oxygens (including phenoxy) is 1. The van der Waals surface area contributed by atoms with Crippen molar-refractivity contribution in [3.63, 3.8) is 0 Å². The van der Waals surface area contributed by atoms with Crippen molar-refractivity contribution in [2.75, 3.05) is 0 Å². The van der Waals surface area contributed by atoms with Crippen LogP contribution in [-0.4, -0.2) is 34.0 Å². The van der Waals surface area contributed by atoms with Gasteiger partial charge < -0.3 is 15.6 Å². The molecule has 0 aliphatic heterocycles. The number of carbonyl (C=O) groups excluding carboxylic acids is 2. The van der Waals surface area contributed by atoms with Gasteiger partial charge in [0.1, 0.15) is 5.60 Å². The van der Waals surface area contributed by atoms with Crippen molar-refractivity contribution in [1.29, 1.82) is 0 Å². The molecule has 1 unspecified atom stereocenters. The summed E-state index contributed by atoms with van der Waals surface area (Å²) in [6.45, 7) is 7.32. The monoisotopic (exact) mass is 441 g/mol. The molecular formula is C25H47NO5. The van der Waals surface area contributed by atoms with E-state index in [9.17, 15) is 14.4 Å². The number of rotatable bonds is 19. The van der Waals surface area contributed by atoms with Gasteiger partial charge in [-0.25, -0.2) is 4.79 Å². The molecule has 1 atom stereocenters. The molecule has 182 valence electrons. The van der Waals surface area contributed by atoms with Gasteiger partial charge in [-0.1, -0.05) is 84.0 Å². The molecule has 0 aromatic rings. The molecule has 0 aromatic heterocycles. The SMILES string of the molecule is CCCCCCCCCCCCCCCC(=O)C(N)(CCC(=O)O)C(=O)OC(C)(C)C. The second-order valence-electron chi connectivity index (χ2n) is 9.78. The Morgan fingerprint density at radius 1 is 0.742 bits per heavy atom. The largest absolute Gasteiger partial charge is 0.481 e. The summed E-state index contributed by atoms with van der Waals surface area (Å²) in [4.78, 5) is 36.1. The van der Waals surface area contributed by atoms with Crippen LogP contribution in [-0.2, 0) is 19.1 Å². The summed E-state index contributed by atoms with van der Waals surface area (Å²) in [5, 5.41) is 8.95. The zero-order valence-corrected chi connectivity index (χ0v) is 20.5. The second kappa shape index (κ2) is 16.2. The molecule has 0 spiro atoms. The lowest BCUT2D eigenvalue weighted by Crippen LogP contribution is -2.57. The molecular weight excluding hydrogens is 394 g/mol. The summed E-state index contributed by atoms with van der Waals surface area (Å²) in [6.07, 6.45) is 15.2. The van der Waals surface area contributed by atoms with Crippen molar-refractivity contribution in [2.24, 2.45) is 5.73 Å². The Balaban J connectivity index is 4.14. The van der Waals surface area contributed by atoms with Gasteiger partial charge in [-0.15, -0.1) is 0 Å². The number of esters is 1. The molecule has 6 nitrogen and oxygen atoms in total. The molecule has 0 saturated heterocycles. The topological polar surface area (TPSA) is 107 Å². The molecule has 6 heteroatoms. The first kappa shape index (κ1) is 29.6. The Bertz CT molecular complexity index is 526. The number of aliphatic carboxylic acids is 1. The molecule has 0 aliphatic carbocycles. The lowest BCUT2D eigenvalue weighted by atomic mass is 9.86. The average molecular weight is 442 g/mol. The Labute approximate surface area is 189 Å². The number of nitrogens with two attached hydrogens (primary N) is 1. The number of ketones is 1. The van der Waals surface area contributed by atoms with Crippen LogP contribution in [0.1, 0.15) is 130 Å². The fraction of sp³-hybridized carbons (Fsp3) is 0.880. The minimum atomic E-state index is -1.89. The Kier molecular flexibility index (Phi) is 15.5. The van der Waals surface area contributed by atoms with Gasteiger partial charge in [-0.2, -0.15) is 0 Å². The van der Waals surface area contributed by atoms with Gasteiger partial charge in [-0.05, 0) is 33.6 Å². The number of carbonyl (C=O) groups is 3. The van der Waals surface area contributed by atoms with Crippen molar-refractivity contribution >= 4 is 17.7 Å². The summed E-state index contributed by atoms with van der Waals surface area (Å²) in [7, 11) is 0.